The molecule has 0 radical (unpaired) electrons. The van der Waals surface area contributed by atoms with E-state index in [-0.39, 0.29) is 12.0 Å². The van der Waals surface area contributed by atoms with Gasteiger partial charge in [0, 0.05) is 49.6 Å². The number of likely N-dealkylation sites (tertiary alicyclic amines) is 1. The van der Waals surface area contributed by atoms with Crippen LogP contribution in [-0.2, 0) is 20.9 Å². The highest BCUT2D eigenvalue weighted by Crippen LogP contribution is 2.26. The highest BCUT2D eigenvalue weighted by molar-refractivity contribution is 7.09. The Balaban J connectivity index is 0.000000377. The number of ether oxygens (including phenoxy) is 1. The van der Waals surface area contributed by atoms with Crippen LogP contribution in [0.15, 0.2) is 28.4 Å². The molecule has 2 aromatic heterocycles. The molecule has 0 bridgehead atoms. The van der Waals surface area contributed by atoms with E-state index in [0.717, 1.165) is 31.2 Å². The van der Waals surface area contributed by atoms with Crippen LogP contribution in [-0.4, -0.2) is 81.7 Å². The molecule has 2 N–H and O–H groups in total. The largest absolute Gasteiger partial charge is 0.473 e. The van der Waals surface area contributed by atoms with Crippen LogP contribution in [0.4, 0.5) is 0 Å². The smallest absolute Gasteiger partial charge is 0.414 e. The van der Waals surface area contributed by atoms with E-state index in [9.17, 15) is 4.79 Å². The minimum atomic E-state index is -1.82. The van der Waals surface area contributed by atoms with E-state index in [1.54, 1.807) is 12.5 Å². The molecule has 2 saturated heterocycles. The lowest BCUT2D eigenvalue weighted by Gasteiger charge is -2.22. The van der Waals surface area contributed by atoms with Crippen molar-refractivity contribution in [3.63, 3.8) is 0 Å². The Bertz CT molecular complexity index is 871. The van der Waals surface area contributed by atoms with Gasteiger partial charge in [-0.25, -0.2) is 14.6 Å². The van der Waals surface area contributed by atoms with Crippen molar-refractivity contribution in [3.05, 3.63) is 40.2 Å². The molecular weight excluding hydrogens is 414 g/mol. The van der Waals surface area contributed by atoms with E-state index in [2.05, 4.69) is 9.88 Å². The Morgan fingerprint density at radius 1 is 1.23 bits per heavy atom. The predicted molar refractivity (Wildman–Crippen MR) is 105 cm³/mol. The van der Waals surface area contributed by atoms with Gasteiger partial charge < -0.3 is 24.3 Å². The van der Waals surface area contributed by atoms with E-state index in [1.165, 1.54) is 16.9 Å². The maximum Gasteiger partial charge on any atom is 0.414 e. The first-order valence-electron chi connectivity index (χ1n) is 9.36. The van der Waals surface area contributed by atoms with E-state index in [4.69, 9.17) is 29.0 Å². The molecule has 2 fully saturated rings. The van der Waals surface area contributed by atoms with Crippen molar-refractivity contribution >= 4 is 29.2 Å². The van der Waals surface area contributed by atoms with Gasteiger partial charge in [0.1, 0.15) is 5.69 Å². The number of carbonyl (C=O) groups is 3. The second kappa shape index (κ2) is 9.83. The summed E-state index contributed by atoms with van der Waals surface area (Å²) in [5.41, 5.74) is 1.74. The molecule has 4 rings (SSSR count). The number of aliphatic carboxylic acids is 2. The minimum Gasteiger partial charge on any atom is -0.473 e. The average Bonchev–Trinajstić information content (AvgIpc) is 3.42. The van der Waals surface area contributed by atoms with Crippen LogP contribution in [0.3, 0.4) is 0 Å². The Hall–Kier alpha value is -2.76. The molecule has 0 aliphatic carbocycles. The topological polar surface area (TPSA) is 133 Å². The minimum absolute atomic E-state index is 0.0254. The van der Waals surface area contributed by atoms with Crippen LogP contribution in [0.1, 0.15) is 21.1 Å². The molecule has 0 saturated carbocycles. The van der Waals surface area contributed by atoms with Crippen molar-refractivity contribution < 1.29 is 33.8 Å². The van der Waals surface area contributed by atoms with Crippen LogP contribution < -0.4 is 0 Å². The van der Waals surface area contributed by atoms with Gasteiger partial charge in [0.05, 0.1) is 30.2 Å². The van der Waals surface area contributed by atoms with Gasteiger partial charge in [-0.15, -0.1) is 11.3 Å². The third kappa shape index (κ3) is 5.65. The van der Waals surface area contributed by atoms with Gasteiger partial charge in [0.25, 0.3) is 5.91 Å². The predicted octanol–water partition coefficient (Wildman–Crippen LogP) is 1.17. The molecule has 2 aliphatic rings. The average molecular weight is 437 g/mol. The first kappa shape index (κ1) is 21.9. The summed E-state index contributed by atoms with van der Waals surface area (Å²) in [6, 6.07) is 2.00. The zero-order chi connectivity index (χ0) is 21.7. The SMILES string of the molecule is Cc1nc(C(=O)N2C[C@@H]3CN(Cc4ccoc4)CCO[C@@H]3C2)cs1.O=C(O)C(=O)O. The van der Waals surface area contributed by atoms with Gasteiger partial charge in [-0.1, -0.05) is 0 Å². The number of rotatable bonds is 3. The molecule has 2 aliphatic heterocycles. The summed E-state index contributed by atoms with van der Waals surface area (Å²) in [5.74, 6) is -3.27. The van der Waals surface area contributed by atoms with Crippen LogP contribution in [0, 0.1) is 12.8 Å². The highest BCUT2D eigenvalue weighted by Gasteiger charge is 2.39. The van der Waals surface area contributed by atoms with Crippen LogP contribution >= 0.6 is 11.3 Å². The molecule has 0 aromatic carbocycles. The summed E-state index contributed by atoms with van der Waals surface area (Å²) in [6.45, 7) is 6.75. The fourth-order valence-corrected chi connectivity index (χ4v) is 4.12. The Morgan fingerprint density at radius 2 is 2.00 bits per heavy atom. The second-order valence-electron chi connectivity index (χ2n) is 7.11. The van der Waals surface area contributed by atoms with E-state index < -0.39 is 11.9 Å². The Morgan fingerprint density at radius 3 is 2.60 bits per heavy atom. The summed E-state index contributed by atoms with van der Waals surface area (Å²) < 4.78 is 11.2. The molecule has 30 heavy (non-hydrogen) atoms. The normalized spacial score (nSPS) is 21.3. The van der Waals surface area contributed by atoms with Crippen LogP contribution in [0.25, 0.3) is 0 Å². The summed E-state index contributed by atoms with van der Waals surface area (Å²) in [7, 11) is 0. The van der Waals surface area contributed by atoms with E-state index >= 15 is 0 Å². The van der Waals surface area contributed by atoms with Crippen molar-refractivity contribution in [2.45, 2.75) is 19.6 Å². The van der Waals surface area contributed by atoms with Gasteiger partial charge in [0.2, 0.25) is 0 Å². The fourth-order valence-electron chi connectivity index (χ4n) is 3.54. The Labute approximate surface area is 176 Å². The molecule has 0 spiro atoms. The number of fused-ring (bicyclic) bond motifs is 1. The molecular formula is C19H23N3O7S. The van der Waals surface area contributed by atoms with Gasteiger partial charge in [-0.05, 0) is 13.0 Å². The number of thiazole rings is 1. The number of nitrogens with zero attached hydrogens (tertiary/aromatic N) is 3. The highest BCUT2D eigenvalue weighted by atomic mass is 32.1. The number of hydrogen-bond donors (Lipinski definition) is 2. The van der Waals surface area contributed by atoms with Gasteiger partial charge in [-0.2, -0.15) is 0 Å². The van der Waals surface area contributed by atoms with Crippen molar-refractivity contribution in [1.82, 2.24) is 14.8 Å². The maximum absolute atomic E-state index is 12.6. The van der Waals surface area contributed by atoms with Gasteiger partial charge in [-0.3, -0.25) is 9.69 Å². The number of carboxylic acid groups (broad SMARTS) is 2. The first-order chi connectivity index (χ1) is 14.3. The maximum atomic E-state index is 12.6. The molecule has 2 aromatic rings. The van der Waals surface area contributed by atoms with Crippen molar-refractivity contribution in [1.29, 1.82) is 0 Å². The van der Waals surface area contributed by atoms with Crippen LogP contribution in [0.2, 0.25) is 0 Å². The summed E-state index contributed by atoms with van der Waals surface area (Å²) >= 11 is 1.52. The number of carboxylic acids is 2. The summed E-state index contributed by atoms with van der Waals surface area (Å²) in [4.78, 5) is 39.4. The molecule has 4 heterocycles. The monoisotopic (exact) mass is 437 g/mol. The number of carbonyl (C=O) groups excluding carboxylic acids is 1. The summed E-state index contributed by atoms with van der Waals surface area (Å²) in [5, 5.41) is 17.6. The lowest BCUT2D eigenvalue weighted by molar-refractivity contribution is -0.159. The molecule has 162 valence electrons. The van der Waals surface area contributed by atoms with Crippen molar-refractivity contribution in [2.75, 3.05) is 32.8 Å². The van der Waals surface area contributed by atoms with Crippen molar-refractivity contribution in [3.8, 4) is 0 Å². The molecule has 11 heteroatoms. The standard InChI is InChI=1S/C17H21N3O3S.C2H2O4/c1-12-18-15(11-24-12)17(21)20-8-14-7-19(3-5-23-16(14)9-20)6-13-2-4-22-10-13;3-1(4)2(5)6/h2,4,10-11,14,16H,3,5-9H2,1H3;(H,3,4)(H,5,6)/t14-,16+;/m0./s1. The Kier molecular flexibility index (Phi) is 7.19. The van der Waals surface area contributed by atoms with E-state index in [0.29, 0.717) is 24.8 Å². The van der Waals surface area contributed by atoms with Gasteiger partial charge >= 0.3 is 11.9 Å². The molecule has 2 atom stereocenters. The molecule has 0 unspecified atom stereocenters. The van der Waals surface area contributed by atoms with E-state index in [1.807, 2.05) is 23.3 Å². The quantitative estimate of drug-likeness (QED) is 0.679. The number of hydrogen-bond acceptors (Lipinski definition) is 8. The van der Waals surface area contributed by atoms with Crippen molar-refractivity contribution in [2.24, 2.45) is 5.92 Å². The lowest BCUT2D eigenvalue weighted by atomic mass is 10.1. The number of aromatic nitrogens is 1. The summed E-state index contributed by atoms with van der Waals surface area (Å²) in [6.07, 6.45) is 3.62. The lowest BCUT2D eigenvalue weighted by Crippen LogP contribution is -2.33. The first-order valence-corrected chi connectivity index (χ1v) is 10.2. The third-order valence-electron chi connectivity index (χ3n) is 4.91. The number of furan rings is 1. The number of amides is 1. The zero-order valence-electron chi connectivity index (χ0n) is 16.4. The second-order valence-corrected chi connectivity index (χ2v) is 8.17. The third-order valence-corrected chi connectivity index (χ3v) is 5.68. The molecule has 1 amide bonds. The van der Waals surface area contributed by atoms with Crippen LogP contribution in [0.5, 0.6) is 0 Å². The van der Waals surface area contributed by atoms with Gasteiger partial charge in [0.15, 0.2) is 0 Å². The zero-order valence-corrected chi connectivity index (χ0v) is 17.2. The fraction of sp³-hybridized carbons (Fsp3) is 0.474. The number of aryl methyl sites for hydroxylation is 1. The molecule has 10 nitrogen and oxygen atoms in total.